The van der Waals surface area contributed by atoms with Crippen molar-refractivity contribution in [3.8, 4) is 5.75 Å². The van der Waals surface area contributed by atoms with Crippen LogP contribution in [0.25, 0.3) is 0 Å². The standard InChI is InChI=1S/C20H22N2O4/c1-25-18-9-7-16(8-10-18)20(24)26-15-19(23)22-13-11-21(12-14-22)17-5-3-2-4-6-17/h2-10H,11-15H2,1H3. The number of carbonyl (C=O) groups is 2. The molecule has 2 aromatic rings. The van der Waals surface area contributed by atoms with Gasteiger partial charge in [0.2, 0.25) is 0 Å². The van der Waals surface area contributed by atoms with Crippen LogP contribution in [-0.4, -0.2) is 56.7 Å². The fraction of sp³-hybridized carbons (Fsp3) is 0.300. The number of rotatable bonds is 5. The summed E-state index contributed by atoms with van der Waals surface area (Å²) in [6.45, 7) is 2.53. The molecule has 1 fully saturated rings. The van der Waals surface area contributed by atoms with Crippen molar-refractivity contribution in [3.05, 3.63) is 60.2 Å². The third-order valence-electron chi connectivity index (χ3n) is 4.41. The van der Waals surface area contributed by atoms with E-state index in [0.717, 1.165) is 18.8 Å². The maximum Gasteiger partial charge on any atom is 0.338 e. The van der Waals surface area contributed by atoms with Crippen LogP contribution in [0.4, 0.5) is 5.69 Å². The van der Waals surface area contributed by atoms with Gasteiger partial charge in [-0.1, -0.05) is 18.2 Å². The van der Waals surface area contributed by atoms with Crippen molar-refractivity contribution >= 4 is 17.6 Å². The van der Waals surface area contributed by atoms with E-state index in [1.54, 1.807) is 36.3 Å². The molecule has 2 aromatic carbocycles. The maximum absolute atomic E-state index is 12.3. The Labute approximate surface area is 152 Å². The molecule has 1 amide bonds. The molecule has 0 spiro atoms. The second-order valence-electron chi connectivity index (χ2n) is 6.01. The maximum atomic E-state index is 12.3. The SMILES string of the molecule is COc1ccc(C(=O)OCC(=O)N2CCN(c3ccccc3)CC2)cc1. The summed E-state index contributed by atoms with van der Waals surface area (Å²) in [4.78, 5) is 28.3. The molecule has 0 bridgehead atoms. The van der Waals surface area contributed by atoms with Gasteiger partial charge in [0.05, 0.1) is 12.7 Å². The Hall–Kier alpha value is -3.02. The summed E-state index contributed by atoms with van der Waals surface area (Å²) in [7, 11) is 1.56. The zero-order valence-electron chi connectivity index (χ0n) is 14.8. The van der Waals surface area contributed by atoms with E-state index in [2.05, 4.69) is 17.0 Å². The van der Waals surface area contributed by atoms with E-state index in [1.165, 1.54) is 0 Å². The summed E-state index contributed by atoms with van der Waals surface area (Å²) in [5.41, 5.74) is 1.55. The number of nitrogens with zero attached hydrogens (tertiary/aromatic N) is 2. The number of piperazine rings is 1. The van der Waals surface area contributed by atoms with E-state index >= 15 is 0 Å². The van der Waals surface area contributed by atoms with Gasteiger partial charge in [0.15, 0.2) is 6.61 Å². The highest BCUT2D eigenvalue weighted by atomic mass is 16.5. The van der Waals surface area contributed by atoms with Gasteiger partial charge in [0, 0.05) is 31.9 Å². The minimum atomic E-state index is -0.510. The summed E-state index contributed by atoms with van der Waals surface area (Å²) < 4.78 is 10.2. The molecule has 136 valence electrons. The van der Waals surface area contributed by atoms with Crippen LogP contribution in [0.15, 0.2) is 54.6 Å². The fourth-order valence-corrected chi connectivity index (χ4v) is 2.88. The number of anilines is 1. The van der Waals surface area contributed by atoms with E-state index in [-0.39, 0.29) is 12.5 Å². The van der Waals surface area contributed by atoms with Gasteiger partial charge in [-0.05, 0) is 36.4 Å². The first-order valence-corrected chi connectivity index (χ1v) is 8.56. The van der Waals surface area contributed by atoms with E-state index in [9.17, 15) is 9.59 Å². The molecule has 1 aliphatic rings. The highest BCUT2D eigenvalue weighted by Crippen LogP contribution is 2.16. The molecule has 0 N–H and O–H groups in total. The van der Waals surface area contributed by atoms with Crippen molar-refractivity contribution in [1.82, 2.24) is 4.90 Å². The number of esters is 1. The van der Waals surface area contributed by atoms with Gasteiger partial charge in [-0.15, -0.1) is 0 Å². The van der Waals surface area contributed by atoms with Crippen molar-refractivity contribution in [3.63, 3.8) is 0 Å². The molecule has 0 radical (unpaired) electrons. The van der Waals surface area contributed by atoms with Gasteiger partial charge in [0.1, 0.15) is 5.75 Å². The first kappa shape index (κ1) is 17.8. The van der Waals surface area contributed by atoms with Gasteiger partial charge in [-0.3, -0.25) is 4.79 Å². The second kappa shape index (κ2) is 8.38. The van der Waals surface area contributed by atoms with Gasteiger partial charge < -0.3 is 19.3 Å². The summed E-state index contributed by atoms with van der Waals surface area (Å²) in [6.07, 6.45) is 0. The van der Waals surface area contributed by atoms with E-state index < -0.39 is 5.97 Å². The molecule has 26 heavy (non-hydrogen) atoms. The third kappa shape index (κ3) is 4.33. The summed E-state index contributed by atoms with van der Waals surface area (Å²) >= 11 is 0. The summed E-state index contributed by atoms with van der Waals surface area (Å²) in [5, 5.41) is 0. The Bertz CT molecular complexity index is 738. The molecule has 1 aliphatic heterocycles. The van der Waals surface area contributed by atoms with Crippen LogP contribution in [0, 0.1) is 0 Å². The average Bonchev–Trinajstić information content (AvgIpc) is 2.72. The molecule has 0 saturated carbocycles. The number of benzene rings is 2. The molecule has 3 rings (SSSR count). The van der Waals surface area contributed by atoms with Gasteiger partial charge in [-0.2, -0.15) is 0 Å². The van der Waals surface area contributed by atoms with Crippen LogP contribution in [0.5, 0.6) is 5.75 Å². The number of hydrogen-bond donors (Lipinski definition) is 0. The van der Waals surface area contributed by atoms with Crippen LogP contribution in [-0.2, 0) is 9.53 Å². The van der Waals surface area contributed by atoms with Crippen molar-refractivity contribution in [1.29, 1.82) is 0 Å². The molecular weight excluding hydrogens is 332 g/mol. The Morgan fingerprint density at radius 3 is 2.19 bits per heavy atom. The van der Waals surface area contributed by atoms with Crippen LogP contribution >= 0.6 is 0 Å². The smallest absolute Gasteiger partial charge is 0.338 e. The number of hydrogen-bond acceptors (Lipinski definition) is 5. The zero-order chi connectivity index (χ0) is 18.4. The Kier molecular flexibility index (Phi) is 5.73. The van der Waals surface area contributed by atoms with Crippen LogP contribution in [0.2, 0.25) is 0 Å². The lowest BCUT2D eigenvalue weighted by Crippen LogP contribution is -2.49. The first-order valence-electron chi connectivity index (χ1n) is 8.56. The predicted octanol–water partition coefficient (Wildman–Crippen LogP) is 2.20. The van der Waals surface area contributed by atoms with Crippen LogP contribution < -0.4 is 9.64 Å². The highest BCUT2D eigenvalue weighted by Gasteiger charge is 2.22. The summed E-state index contributed by atoms with van der Waals surface area (Å²) in [5.74, 6) is -0.0163. The Balaban J connectivity index is 1.46. The molecule has 0 aliphatic carbocycles. The molecule has 6 heteroatoms. The van der Waals surface area contributed by atoms with E-state index in [1.807, 2.05) is 18.2 Å². The van der Waals surface area contributed by atoms with Crippen molar-refractivity contribution in [2.45, 2.75) is 0 Å². The van der Waals surface area contributed by atoms with Crippen molar-refractivity contribution in [2.24, 2.45) is 0 Å². The highest BCUT2D eigenvalue weighted by molar-refractivity contribution is 5.91. The Morgan fingerprint density at radius 1 is 0.923 bits per heavy atom. The second-order valence-corrected chi connectivity index (χ2v) is 6.01. The van der Waals surface area contributed by atoms with Gasteiger partial charge in [0.25, 0.3) is 5.91 Å². The molecule has 0 aromatic heterocycles. The normalized spacial score (nSPS) is 14.0. The fourth-order valence-electron chi connectivity index (χ4n) is 2.88. The quantitative estimate of drug-likeness (QED) is 0.771. The largest absolute Gasteiger partial charge is 0.497 e. The molecule has 6 nitrogen and oxygen atoms in total. The molecule has 1 heterocycles. The van der Waals surface area contributed by atoms with Crippen molar-refractivity contribution < 1.29 is 19.1 Å². The lowest BCUT2D eigenvalue weighted by molar-refractivity contribution is -0.134. The van der Waals surface area contributed by atoms with Crippen molar-refractivity contribution in [2.75, 3.05) is 44.8 Å². The first-order chi connectivity index (χ1) is 12.7. The molecule has 0 atom stereocenters. The summed E-state index contributed by atoms with van der Waals surface area (Å²) in [6, 6.07) is 16.7. The topological polar surface area (TPSA) is 59.1 Å². The van der Waals surface area contributed by atoms with E-state index in [4.69, 9.17) is 9.47 Å². The third-order valence-corrected chi connectivity index (χ3v) is 4.41. The number of carbonyl (C=O) groups excluding carboxylic acids is 2. The molecular formula is C20H22N2O4. The predicted molar refractivity (Wildman–Crippen MR) is 98.5 cm³/mol. The number of ether oxygens (including phenoxy) is 2. The van der Waals surface area contributed by atoms with Gasteiger partial charge >= 0.3 is 5.97 Å². The zero-order valence-corrected chi connectivity index (χ0v) is 14.8. The lowest BCUT2D eigenvalue weighted by atomic mass is 10.2. The minimum absolute atomic E-state index is 0.167. The average molecular weight is 354 g/mol. The molecule has 0 unspecified atom stereocenters. The van der Waals surface area contributed by atoms with Gasteiger partial charge in [-0.25, -0.2) is 4.79 Å². The van der Waals surface area contributed by atoms with Crippen LogP contribution in [0.3, 0.4) is 0 Å². The number of methoxy groups -OCH3 is 1. The number of para-hydroxylation sites is 1. The minimum Gasteiger partial charge on any atom is -0.497 e. The number of amides is 1. The van der Waals surface area contributed by atoms with Crippen LogP contribution in [0.1, 0.15) is 10.4 Å². The lowest BCUT2D eigenvalue weighted by Gasteiger charge is -2.36. The van der Waals surface area contributed by atoms with E-state index in [0.29, 0.717) is 24.4 Å². The monoisotopic (exact) mass is 354 g/mol. The molecule has 1 saturated heterocycles. The Morgan fingerprint density at radius 2 is 1.58 bits per heavy atom.